The maximum atomic E-state index is 13.2. The van der Waals surface area contributed by atoms with Crippen LogP contribution in [0.3, 0.4) is 0 Å². The maximum Gasteiger partial charge on any atom is 0.416 e. The topological polar surface area (TPSA) is 73.2 Å². The van der Waals surface area contributed by atoms with Gasteiger partial charge in [-0.2, -0.15) is 18.4 Å². The van der Waals surface area contributed by atoms with E-state index in [0.717, 1.165) is 17.7 Å². The highest BCUT2D eigenvalue weighted by molar-refractivity contribution is 6.06. The summed E-state index contributed by atoms with van der Waals surface area (Å²) in [5, 5.41) is 11.9. The molecule has 8 heteroatoms. The van der Waals surface area contributed by atoms with E-state index < -0.39 is 23.8 Å². The number of carbonyl (C=O) groups is 2. The first-order chi connectivity index (χ1) is 14.7. The molecule has 2 aromatic carbocycles. The molecule has 0 fully saturated rings. The van der Waals surface area contributed by atoms with E-state index in [1.54, 1.807) is 25.1 Å². The van der Waals surface area contributed by atoms with Crippen LogP contribution in [0.1, 0.15) is 47.6 Å². The van der Waals surface area contributed by atoms with E-state index in [0.29, 0.717) is 41.7 Å². The van der Waals surface area contributed by atoms with Gasteiger partial charge in [0.2, 0.25) is 0 Å². The van der Waals surface area contributed by atoms with Crippen LogP contribution in [0, 0.1) is 18.3 Å². The largest absolute Gasteiger partial charge is 0.416 e. The van der Waals surface area contributed by atoms with E-state index in [1.165, 1.54) is 17.0 Å². The SMILES string of the molecule is Cc1cc(C#N)ccc1C1NC(=O)N(c2cccc(C(F)(F)F)c2)C2=C1C(=O)CCC2. The summed E-state index contributed by atoms with van der Waals surface area (Å²) >= 11 is 0. The molecule has 0 saturated heterocycles. The molecule has 4 rings (SSSR count). The third-order valence-electron chi connectivity index (χ3n) is 5.60. The minimum absolute atomic E-state index is 0.0597. The van der Waals surface area contributed by atoms with Gasteiger partial charge in [-0.1, -0.05) is 12.1 Å². The quantitative estimate of drug-likeness (QED) is 0.722. The number of amides is 2. The normalized spacial score (nSPS) is 19.1. The highest BCUT2D eigenvalue weighted by Gasteiger charge is 2.40. The number of nitrogens with one attached hydrogen (secondary N) is 1. The summed E-state index contributed by atoms with van der Waals surface area (Å²) in [4.78, 5) is 27.1. The predicted octanol–water partition coefficient (Wildman–Crippen LogP) is 5.16. The van der Waals surface area contributed by atoms with Crippen molar-refractivity contribution in [2.45, 2.75) is 38.4 Å². The number of benzene rings is 2. The average Bonchev–Trinajstić information content (AvgIpc) is 2.72. The van der Waals surface area contributed by atoms with Crippen molar-refractivity contribution in [2.24, 2.45) is 0 Å². The first-order valence-electron chi connectivity index (χ1n) is 9.75. The molecule has 0 radical (unpaired) electrons. The summed E-state index contributed by atoms with van der Waals surface area (Å²) in [5.41, 5.74) is 1.87. The van der Waals surface area contributed by atoms with E-state index >= 15 is 0 Å². The number of alkyl halides is 3. The van der Waals surface area contributed by atoms with E-state index in [-0.39, 0.29) is 11.5 Å². The molecule has 31 heavy (non-hydrogen) atoms. The maximum absolute atomic E-state index is 13.2. The number of ketones is 1. The summed E-state index contributed by atoms with van der Waals surface area (Å²) in [6.07, 6.45) is -3.34. The van der Waals surface area contributed by atoms with Crippen molar-refractivity contribution in [3.63, 3.8) is 0 Å². The van der Waals surface area contributed by atoms with Crippen molar-refractivity contribution in [3.8, 4) is 6.07 Å². The van der Waals surface area contributed by atoms with Gasteiger partial charge in [-0.15, -0.1) is 0 Å². The number of hydrogen-bond donors (Lipinski definition) is 1. The molecule has 1 unspecified atom stereocenters. The zero-order valence-corrected chi connectivity index (χ0v) is 16.6. The molecular weight excluding hydrogens is 407 g/mol. The molecule has 0 bridgehead atoms. The molecule has 0 aromatic heterocycles. The van der Waals surface area contributed by atoms with Crippen molar-refractivity contribution >= 4 is 17.5 Å². The number of rotatable bonds is 2. The van der Waals surface area contributed by atoms with Crippen molar-refractivity contribution in [1.29, 1.82) is 5.26 Å². The molecule has 2 aromatic rings. The van der Waals surface area contributed by atoms with E-state index in [2.05, 4.69) is 11.4 Å². The predicted molar refractivity (Wildman–Crippen MR) is 107 cm³/mol. The second-order valence-corrected chi connectivity index (χ2v) is 7.59. The Morgan fingerprint density at radius 1 is 1.13 bits per heavy atom. The summed E-state index contributed by atoms with van der Waals surface area (Å²) in [6.45, 7) is 1.79. The van der Waals surface area contributed by atoms with Gasteiger partial charge >= 0.3 is 12.2 Å². The molecule has 1 aliphatic carbocycles. The number of halogens is 3. The first-order valence-corrected chi connectivity index (χ1v) is 9.75. The number of aryl methyl sites for hydroxylation is 1. The Bertz CT molecular complexity index is 1160. The Labute approximate surface area is 176 Å². The zero-order valence-electron chi connectivity index (χ0n) is 16.6. The molecule has 2 amide bonds. The van der Waals surface area contributed by atoms with Crippen molar-refractivity contribution < 1.29 is 22.8 Å². The van der Waals surface area contributed by atoms with Gasteiger partial charge in [0.05, 0.1) is 28.9 Å². The molecule has 0 spiro atoms. The lowest BCUT2D eigenvalue weighted by Crippen LogP contribution is -2.49. The van der Waals surface area contributed by atoms with Gasteiger partial charge in [0.1, 0.15) is 0 Å². The number of allylic oxidation sites excluding steroid dienone is 1. The lowest BCUT2D eigenvalue weighted by Gasteiger charge is -2.39. The van der Waals surface area contributed by atoms with E-state index in [9.17, 15) is 22.8 Å². The van der Waals surface area contributed by atoms with Gasteiger partial charge in [0.15, 0.2) is 5.78 Å². The molecule has 1 heterocycles. The van der Waals surface area contributed by atoms with Crippen molar-refractivity contribution in [1.82, 2.24) is 5.32 Å². The molecule has 1 atom stereocenters. The molecule has 158 valence electrons. The molecular formula is C23H18F3N3O2. The zero-order chi connectivity index (χ0) is 22.3. The Hall–Kier alpha value is -3.60. The lowest BCUT2D eigenvalue weighted by molar-refractivity contribution is -0.137. The summed E-state index contributed by atoms with van der Waals surface area (Å²) in [7, 11) is 0. The second-order valence-electron chi connectivity index (χ2n) is 7.59. The van der Waals surface area contributed by atoms with Crippen molar-refractivity contribution in [2.75, 3.05) is 4.90 Å². The fraction of sp³-hybridized carbons (Fsp3) is 0.261. The van der Waals surface area contributed by atoms with Gasteiger partial charge in [0.25, 0.3) is 0 Å². The number of Topliss-reactive ketones (excluding diaryl/α,β-unsaturated/α-hetero) is 1. The van der Waals surface area contributed by atoms with Crippen LogP contribution in [0.5, 0.6) is 0 Å². The minimum Gasteiger partial charge on any atom is -0.326 e. The van der Waals surface area contributed by atoms with E-state index in [4.69, 9.17) is 5.26 Å². The van der Waals surface area contributed by atoms with Crippen LogP contribution in [-0.4, -0.2) is 11.8 Å². The molecule has 1 aliphatic heterocycles. The average molecular weight is 425 g/mol. The molecule has 1 N–H and O–H groups in total. The monoisotopic (exact) mass is 425 g/mol. The molecule has 2 aliphatic rings. The van der Waals surface area contributed by atoms with Crippen LogP contribution in [0.15, 0.2) is 53.7 Å². The molecule has 0 saturated carbocycles. The fourth-order valence-electron chi connectivity index (χ4n) is 4.19. The number of urea groups is 1. The van der Waals surface area contributed by atoms with E-state index in [1.807, 2.05) is 0 Å². The van der Waals surface area contributed by atoms with Gasteiger partial charge < -0.3 is 5.32 Å². The second kappa shape index (κ2) is 7.58. The van der Waals surface area contributed by atoms with Crippen LogP contribution in [-0.2, 0) is 11.0 Å². The number of carbonyl (C=O) groups excluding carboxylic acids is 2. The van der Waals surface area contributed by atoms with Crippen molar-refractivity contribution in [3.05, 3.63) is 76.0 Å². The minimum atomic E-state index is -4.55. The smallest absolute Gasteiger partial charge is 0.326 e. The Morgan fingerprint density at radius 2 is 1.90 bits per heavy atom. The lowest BCUT2D eigenvalue weighted by atomic mass is 9.83. The van der Waals surface area contributed by atoms with Crippen LogP contribution in [0.4, 0.5) is 23.7 Å². The number of hydrogen-bond acceptors (Lipinski definition) is 3. The Morgan fingerprint density at radius 3 is 2.58 bits per heavy atom. The summed E-state index contributed by atoms with van der Waals surface area (Å²) in [5.74, 6) is -0.146. The Balaban J connectivity index is 1.86. The summed E-state index contributed by atoms with van der Waals surface area (Å²) < 4.78 is 39.6. The highest BCUT2D eigenvalue weighted by atomic mass is 19.4. The van der Waals surface area contributed by atoms with Crippen LogP contribution >= 0.6 is 0 Å². The number of nitrogens with zero attached hydrogens (tertiary/aromatic N) is 2. The highest BCUT2D eigenvalue weighted by Crippen LogP contribution is 2.41. The Kier molecular flexibility index (Phi) is 5.05. The fourth-order valence-corrected chi connectivity index (χ4v) is 4.19. The first kappa shape index (κ1) is 20.7. The van der Waals surface area contributed by atoms with Gasteiger partial charge in [-0.3, -0.25) is 9.69 Å². The third-order valence-corrected chi connectivity index (χ3v) is 5.60. The standard InChI is InChI=1S/C23H18F3N3O2/c1-13-10-14(12-27)8-9-17(13)21-20-18(6-3-7-19(20)30)29(22(31)28-21)16-5-2-4-15(11-16)23(24,25)26/h2,4-5,8-11,21H,3,6-7H2,1H3,(H,28,31). The number of anilines is 1. The van der Waals surface area contributed by atoms with Crippen LogP contribution in [0.25, 0.3) is 0 Å². The van der Waals surface area contributed by atoms with Gasteiger partial charge in [-0.25, -0.2) is 4.79 Å². The molecule has 5 nitrogen and oxygen atoms in total. The van der Waals surface area contributed by atoms with Crippen LogP contribution in [0.2, 0.25) is 0 Å². The number of nitriles is 1. The third kappa shape index (κ3) is 3.67. The van der Waals surface area contributed by atoms with Crippen LogP contribution < -0.4 is 10.2 Å². The van der Waals surface area contributed by atoms with Gasteiger partial charge in [0, 0.05) is 17.7 Å². The van der Waals surface area contributed by atoms with Gasteiger partial charge in [-0.05, 0) is 61.2 Å². The summed E-state index contributed by atoms with van der Waals surface area (Å²) in [6, 6.07) is 10.2.